The minimum Gasteiger partial charge on any atom is -0.367 e. The summed E-state index contributed by atoms with van der Waals surface area (Å²) < 4.78 is 13.3. The quantitative estimate of drug-likeness (QED) is 0.793. The first-order valence-corrected chi connectivity index (χ1v) is 7.74. The Bertz CT molecular complexity index is 793. The van der Waals surface area contributed by atoms with E-state index in [9.17, 15) is 4.39 Å². The van der Waals surface area contributed by atoms with Crippen LogP contribution in [0.5, 0.6) is 0 Å². The van der Waals surface area contributed by atoms with Gasteiger partial charge in [-0.2, -0.15) is 9.65 Å². The van der Waals surface area contributed by atoms with E-state index in [-0.39, 0.29) is 0 Å². The van der Waals surface area contributed by atoms with Gasteiger partial charge in [-0.15, -0.1) is 0 Å². The summed E-state index contributed by atoms with van der Waals surface area (Å²) in [6.07, 6.45) is 4.11. The van der Waals surface area contributed by atoms with E-state index < -0.39 is 5.95 Å². The zero-order valence-electron chi connectivity index (χ0n) is 12.2. The maximum atomic E-state index is 13.3. The van der Waals surface area contributed by atoms with Crippen LogP contribution in [-0.2, 0) is 0 Å². The number of hydrogen-bond acceptors (Lipinski definition) is 5. The smallest absolute Gasteiger partial charge is 0.214 e. The maximum Gasteiger partial charge on any atom is 0.214 e. The number of fused-ring (bicyclic) bond motifs is 2. The molecule has 5 nitrogen and oxygen atoms in total. The van der Waals surface area contributed by atoms with Crippen LogP contribution in [0.2, 0.25) is 5.02 Å². The second-order valence-corrected chi connectivity index (χ2v) is 6.24. The van der Waals surface area contributed by atoms with E-state index >= 15 is 0 Å². The molecule has 2 atom stereocenters. The number of nitriles is 1. The summed E-state index contributed by atoms with van der Waals surface area (Å²) >= 11 is 6.27. The Morgan fingerprint density at radius 1 is 1.26 bits per heavy atom. The third kappa shape index (κ3) is 2.37. The summed E-state index contributed by atoms with van der Waals surface area (Å²) in [5.41, 5.74) is 1.31. The minimum absolute atomic E-state index is 0.294. The van der Waals surface area contributed by atoms with E-state index in [1.807, 2.05) is 12.1 Å². The van der Waals surface area contributed by atoms with Gasteiger partial charge in [0.15, 0.2) is 0 Å². The molecule has 23 heavy (non-hydrogen) atoms. The molecule has 0 saturated carbocycles. The predicted octanol–water partition coefficient (Wildman–Crippen LogP) is 2.61. The molecule has 0 radical (unpaired) electrons. The molecule has 0 aromatic carbocycles. The van der Waals surface area contributed by atoms with Gasteiger partial charge in [0, 0.05) is 37.2 Å². The molecular formula is C16H13ClFN5. The Morgan fingerprint density at radius 2 is 2.04 bits per heavy atom. The van der Waals surface area contributed by atoms with E-state index in [0.717, 1.165) is 31.0 Å². The third-order valence-corrected chi connectivity index (χ3v) is 4.74. The van der Waals surface area contributed by atoms with Gasteiger partial charge in [-0.1, -0.05) is 11.6 Å². The van der Waals surface area contributed by atoms with Gasteiger partial charge in [0.2, 0.25) is 5.95 Å². The van der Waals surface area contributed by atoms with Gasteiger partial charge >= 0.3 is 0 Å². The minimum atomic E-state index is -0.463. The van der Waals surface area contributed by atoms with Crippen LogP contribution >= 0.6 is 11.6 Å². The molecule has 5 rings (SSSR count). The number of halogens is 2. The standard InChI is InChI=1S/C16H13ClFN5/c17-14-3-10(6-19)7-21-16(14)23-12-4-13(23)9-22(8-12)11-1-2-20-15(18)5-11/h1-3,5,7,12-13H,4,8-9H2. The number of hydrogen-bond donors (Lipinski definition) is 0. The van der Waals surface area contributed by atoms with Crippen molar-refractivity contribution in [1.29, 1.82) is 5.26 Å². The van der Waals surface area contributed by atoms with Crippen LogP contribution in [0.25, 0.3) is 0 Å². The van der Waals surface area contributed by atoms with Crippen LogP contribution in [0, 0.1) is 17.3 Å². The normalized spacial score (nSPS) is 22.5. The fourth-order valence-corrected chi connectivity index (χ4v) is 3.70. The Hall–Kier alpha value is -2.39. The van der Waals surface area contributed by atoms with Crippen LogP contribution in [0.4, 0.5) is 15.9 Å². The summed E-state index contributed by atoms with van der Waals surface area (Å²) in [7, 11) is 0. The van der Waals surface area contributed by atoms with Crippen molar-refractivity contribution in [3.63, 3.8) is 0 Å². The molecule has 3 aliphatic heterocycles. The lowest BCUT2D eigenvalue weighted by molar-refractivity contribution is 0.289. The van der Waals surface area contributed by atoms with E-state index in [2.05, 4.69) is 19.8 Å². The van der Waals surface area contributed by atoms with Gasteiger partial charge in [0.1, 0.15) is 11.9 Å². The Balaban J connectivity index is 1.55. The molecule has 116 valence electrons. The van der Waals surface area contributed by atoms with E-state index in [0.29, 0.717) is 22.7 Å². The monoisotopic (exact) mass is 329 g/mol. The predicted molar refractivity (Wildman–Crippen MR) is 85.0 cm³/mol. The first kappa shape index (κ1) is 14.2. The number of pyridine rings is 2. The Labute approximate surface area is 137 Å². The van der Waals surface area contributed by atoms with Crippen molar-refractivity contribution >= 4 is 23.1 Å². The van der Waals surface area contributed by atoms with Crippen LogP contribution in [-0.4, -0.2) is 35.1 Å². The number of piperazine rings is 1. The van der Waals surface area contributed by atoms with Crippen molar-refractivity contribution in [3.8, 4) is 6.07 Å². The van der Waals surface area contributed by atoms with Crippen molar-refractivity contribution in [3.05, 3.63) is 47.1 Å². The van der Waals surface area contributed by atoms with Gasteiger partial charge in [-0.05, 0) is 18.6 Å². The van der Waals surface area contributed by atoms with E-state index in [4.69, 9.17) is 16.9 Å². The summed E-state index contributed by atoms with van der Waals surface area (Å²) in [5, 5.41) is 9.40. The molecule has 5 heterocycles. The molecule has 0 spiro atoms. The van der Waals surface area contributed by atoms with E-state index in [1.165, 1.54) is 12.3 Å². The van der Waals surface area contributed by atoms with Crippen LogP contribution in [0.15, 0.2) is 30.6 Å². The molecule has 7 heteroatoms. The summed E-state index contributed by atoms with van der Waals surface area (Å²) in [5.74, 6) is 0.267. The molecule has 2 unspecified atom stereocenters. The van der Waals surface area contributed by atoms with Crippen molar-refractivity contribution in [1.82, 2.24) is 9.97 Å². The lowest BCUT2D eigenvalue weighted by atomic mass is 9.87. The molecule has 2 aromatic heterocycles. The zero-order valence-corrected chi connectivity index (χ0v) is 12.9. The highest BCUT2D eigenvalue weighted by Crippen LogP contribution is 2.40. The van der Waals surface area contributed by atoms with Crippen molar-refractivity contribution < 1.29 is 4.39 Å². The average molecular weight is 330 g/mol. The molecule has 0 N–H and O–H groups in total. The summed E-state index contributed by atoms with van der Waals surface area (Å²) in [4.78, 5) is 12.3. The first-order valence-electron chi connectivity index (χ1n) is 7.36. The highest BCUT2D eigenvalue weighted by Gasteiger charge is 2.46. The molecular weight excluding hydrogens is 317 g/mol. The number of piperidine rings is 1. The fourth-order valence-electron chi connectivity index (χ4n) is 3.44. The SMILES string of the molecule is N#Cc1cnc(N2C3CC2CN(c2ccnc(F)c2)C3)c(Cl)c1. The van der Waals surface area contributed by atoms with Gasteiger partial charge in [-0.3, -0.25) is 0 Å². The van der Waals surface area contributed by atoms with E-state index in [1.54, 1.807) is 12.3 Å². The van der Waals surface area contributed by atoms with Crippen LogP contribution in [0.3, 0.4) is 0 Å². The molecule has 0 amide bonds. The second-order valence-electron chi connectivity index (χ2n) is 5.83. The number of rotatable bonds is 2. The van der Waals surface area contributed by atoms with Crippen molar-refractivity contribution in [2.75, 3.05) is 22.9 Å². The molecule has 2 bridgehead atoms. The largest absolute Gasteiger partial charge is 0.367 e. The Morgan fingerprint density at radius 3 is 2.70 bits per heavy atom. The molecule has 2 aromatic rings. The fraction of sp³-hybridized carbons (Fsp3) is 0.312. The lowest BCUT2D eigenvalue weighted by Crippen LogP contribution is -2.69. The molecule has 3 aliphatic rings. The van der Waals surface area contributed by atoms with Crippen LogP contribution < -0.4 is 9.80 Å². The van der Waals surface area contributed by atoms with Gasteiger partial charge in [0.25, 0.3) is 0 Å². The average Bonchev–Trinajstić information content (AvgIpc) is 2.56. The number of aromatic nitrogens is 2. The highest BCUT2D eigenvalue weighted by molar-refractivity contribution is 6.33. The zero-order chi connectivity index (χ0) is 16.0. The van der Waals surface area contributed by atoms with Gasteiger partial charge < -0.3 is 9.80 Å². The third-order valence-electron chi connectivity index (χ3n) is 4.46. The second kappa shape index (κ2) is 5.36. The van der Waals surface area contributed by atoms with Gasteiger partial charge in [-0.25, -0.2) is 9.97 Å². The van der Waals surface area contributed by atoms with Gasteiger partial charge in [0.05, 0.1) is 22.7 Å². The van der Waals surface area contributed by atoms with Crippen LogP contribution in [0.1, 0.15) is 12.0 Å². The summed E-state index contributed by atoms with van der Waals surface area (Å²) in [6, 6.07) is 7.56. The number of anilines is 2. The Kier molecular flexibility index (Phi) is 3.31. The lowest BCUT2D eigenvalue weighted by Gasteiger charge is -2.57. The molecule has 3 saturated heterocycles. The summed E-state index contributed by atoms with van der Waals surface area (Å²) in [6.45, 7) is 1.58. The molecule has 0 aliphatic carbocycles. The first-order chi connectivity index (χ1) is 11.2. The molecule has 3 fully saturated rings. The number of nitrogens with zero attached hydrogens (tertiary/aromatic N) is 5. The highest BCUT2D eigenvalue weighted by atomic mass is 35.5. The van der Waals surface area contributed by atoms with Crippen molar-refractivity contribution in [2.24, 2.45) is 0 Å². The van der Waals surface area contributed by atoms with Crippen molar-refractivity contribution in [2.45, 2.75) is 18.5 Å². The maximum absolute atomic E-state index is 13.3. The topological polar surface area (TPSA) is 56.1 Å².